The van der Waals surface area contributed by atoms with Crippen LogP contribution >= 0.6 is 11.6 Å². The van der Waals surface area contributed by atoms with E-state index in [4.69, 9.17) is 11.6 Å². The number of alkyl halides is 2. The molecule has 6 nitrogen and oxygen atoms in total. The number of nitro groups is 1. The van der Waals surface area contributed by atoms with Crippen LogP contribution < -0.4 is 0 Å². The fourth-order valence-electron chi connectivity index (χ4n) is 1.45. The highest BCUT2D eigenvalue weighted by Crippen LogP contribution is 2.34. The number of nitrogens with zero attached hydrogens (tertiary/aromatic N) is 2. The van der Waals surface area contributed by atoms with Crippen LogP contribution in [0.3, 0.4) is 0 Å². The highest BCUT2D eigenvalue weighted by Gasteiger charge is 2.28. The van der Waals surface area contributed by atoms with Crippen LogP contribution in [0.15, 0.2) is 6.20 Å². The van der Waals surface area contributed by atoms with Crippen LogP contribution in [0.1, 0.15) is 24.5 Å². The Morgan fingerprint density at radius 1 is 1.63 bits per heavy atom. The Kier molecular flexibility index (Phi) is 5.11. The molecule has 1 aromatic heterocycles. The summed E-state index contributed by atoms with van der Waals surface area (Å²) in [6.07, 6.45) is -3.00. The van der Waals surface area contributed by atoms with E-state index in [1.54, 1.807) is 0 Å². The minimum absolute atomic E-state index is 0.0372. The smallest absolute Gasteiger partial charge is 0.310 e. The van der Waals surface area contributed by atoms with Crippen LogP contribution in [-0.2, 0) is 16.0 Å². The van der Waals surface area contributed by atoms with Crippen molar-refractivity contribution in [1.82, 2.24) is 4.98 Å². The lowest BCUT2D eigenvalue weighted by Gasteiger charge is -2.10. The van der Waals surface area contributed by atoms with Crippen molar-refractivity contribution in [1.29, 1.82) is 0 Å². The van der Waals surface area contributed by atoms with Crippen molar-refractivity contribution in [3.05, 3.63) is 32.6 Å². The molecule has 0 saturated carbocycles. The Labute approximate surface area is 111 Å². The zero-order valence-electron chi connectivity index (χ0n) is 9.73. The number of carbonyl (C=O) groups excluding carboxylic acids is 1. The molecule has 19 heavy (non-hydrogen) atoms. The van der Waals surface area contributed by atoms with Gasteiger partial charge in [0.25, 0.3) is 12.1 Å². The van der Waals surface area contributed by atoms with Crippen molar-refractivity contribution in [2.45, 2.75) is 19.8 Å². The molecular weight excluding hydrogens is 286 g/mol. The van der Waals surface area contributed by atoms with Crippen LogP contribution in [0.5, 0.6) is 0 Å². The molecule has 0 N–H and O–H groups in total. The largest absolute Gasteiger partial charge is 0.466 e. The first kappa shape index (κ1) is 15.2. The summed E-state index contributed by atoms with van der Waals surface area (Å²) >= 11 is 5.50. The van der Waals surface area contributed by atoms with Gasteiger partial charge in [-0.05, 0) is 6.92 Å². The number of halogens is 3. The number of pyridine rings is 1. The fourth-order valence-corrected chi connectivity index (χ4v) is 1.69. The number of hydrogen-bond acceptors (Lipinski definition) is 5. The summed E-state index contributed by atoms with van der Waals surface area (Å²) in [5.74, 6) is -0.852. The van der Waals surface area contributed by atoms with E-state index in [1.165, 1.54) is 6.92 Å². The van der Waals surface area contributed by atoms with Gasteiger partial charge in [-0.15, -0.1) is 0 Å². The van der Waals surface area contributed by atoms with Crippen molar-refractivity contribution < 1.29 is 23.2 Å². The van der Waals surface area contributed by atoms with E-state index in [0.29, 0.717) is 0 Å². The summed E-state index contributed by atoms with van der Waals surface area (Å²) in [6, 6.07) is 0. The second kappa shape index (κ2) is 6.37. The molecule has 1 rings (SSSR count). The van der Waals surface area contributed by atoms with Gasteiger partial charge in [-0.3, -0.25) is 14.9 Å². The molecule has 0 saturated heterocycles. The van der Waals surface area contributed by atoms with Gasteiger partial charge in [-0.2, -0.15) is 0 Å². The Bertz CT molecular complexity index is 511. The second-order valence-electron chi connectivity index (χ2n) is 3.37. The minimum atomic E-state index is -3.08. The molecular formula is C10H9ClF2N2O4. The first-order chi connectivity index (χ1) is 8.88. The molecule has 0 unspecified atom stereocenters. The molecule has 0 spiro atoms. The average molecular weight is 295 g/mol. The van der Waals surface area contributed by atoms with E-state index in [-0.39, 0.29) is 6.61 Å². The third-order valence-electron chi connectivity index (χ3n) is 2.20. The van der Waals surface area contributed by atoms with E-state index >= 15 is 0 Å². The predicted molar refractivity (Wildman–Crippen MR) is 61.2 cm³/mol. The van der Waals surface area contributed by atoms with Gasteiger partial charge >= 0.3 is 5.97 Å². The van der Waals surface area contributed by atoms with Gasteiger partial charge in [-0.25, -0.2) is 13.8 Å². The summed E-state index contributed by atoms with van der Waals surface area (Å²) < 4.78 is 30.3. The highest BCUT2D eigenvalue weighted by molar-refractivity contribution is 6.30. The van der Waals surface area contributed by atoms with Gasteiger partial charge in [-0.1, -0.05) is 11.6 Å². The SMILES string of the molecule is CCOC(=O)Cc1c([N+](=O)[O-])cnc(Cl)c1C(F)F. The zero-order valence-corrected chi connectivity index (χ0v) is 10.5. The number of esters is 1. The van der Waals surface area contributed by atoms with Crippen LogP contribution in [0.25, 0.3) is 0 Å². The topological polar surface area (TPSA) is 82.3 Å². The van der Waals surface area contributed by atoms with Crippen molar-refractivity contribution >= 4 is 23.3 Å². The number of aromatic nitrogens is 1. The summed E-state index contributed by atoms with van der Waals surface area (Å²) in [6.45, 7) is 1.56. The quantitative estimate of drug-likeness (QED) is 0.361. The third kappa shape index (κ3) is 3.57. The van der Waals surface area contributed by atoms with E-state index in [9.17, 15) is 23.7 Å². The highest BCUT2D eigenvalue weighted by atomic mass is 35.5. The standard InChI is InChI=1S/C10H9ClF2N2O4/c1-2-19-7(16)3-5-6(15(17)18)4-14-9(11)8(5)10(12)13/h4,10H,2-3H2,1H3. The maximum Gasteiger partial charge on any atom is 0.310 e. The first-order valence-electron chi connectivity index (χ1n) is 5.13. The molecule has 0 aliphatic heterocycles. The molecule has 0 bridgehead atoms. The van der Waals surface area contributed by atoms with Crippen LogP contribution in [0, 0.1) is 10.1 Å². The van der Waals surface area contributed by atoms with E-state index in [2.05, 4.69) is 9.72 Å². The summed E-state index contributed by atoms with van der Waals surface area (Å²) in [7, 11) is 0. The Balaban J connectivity index is 3.33. The van der Waals surface area contributed by atoms with Crippen LogP contribution in [-0.4, -0.2) is 22.5 Å². The molecule has 9 heteroatoms. The molecule has 0 aromatic carbocycles. The summed E-state index contributed by atoms with van der Waals surface area (Å²) in [5.41, 5.74) is -1.98. The van der Waals surface area contributed by atoms with Crippen molar-refractivity contribution in [2.24, 2.45) is 0 Å². The van der Waals surface area contributed by atoms with E-state index < -0.39 is 45.7 Å². The van der Waals surface area contributed by atoms with Crippen molar-refractivity contribution in [3.63, 3.8) is 0 Å². The molecule has 1 heterocycles. The summed E-state index contributed by atoms with van der Waals surface area (Å²) in [4.78, 5) is 24.5. The van der Waals surface area contributed by atoms with E-state index in [0.717, 1.165) is 6.20 Å². The van der Waals surface area contributed by atoms with Crippen molar-refractivity contribution in [3.8, 4) is 0 Å². The van der Waals surface area contributed by atoms with Gasteiger partial charge in [0.15, 0.2) is 0 Å². The molecule has 0 radical (unpaired) electrons. The molecule has 0 fully saturated rings. The number of hydrogen-bond donors (Lipinski definition) is 0. The zero-order chi connectivity index (χ0) is 14.6. The van der Waals surface area contributed by atoms with Gasteiger partial charge in [0.2, 0.25) is 0 Å². The maximum absolute atomic E-state index is 12.9. The Morgan fingerprint density at radius 3 is 2.74 bits per heavy atom. The second-order valence-corrected chi connectivity index (χ2v) is 3.72. The molecule has 104 valence electrons. The predicted octanol–water partition coefficient (Wildman–Crippen LogP) is 2.69. The first-order valence-corrected chi connectivity index (χ1v) is 5.51. The molecule has 0 atom stereocenters. The monoisotopic (exact) mass is 294 g/mol. The number of carbonyl (C=O) groups is 1. The molecule has 0 amide bonds. The number of ether oxygens (including phenoxy) is 1. The lowest BCUT2D eigenvalue weighted by atomic mass is 10.1. The average Bonchev–Trinajstić information content (AvgIpc) is 2.28. The van der Waals surface area contributed by atoms with Gasteiger partial charge in [0.05, 0.1) is 29.1 Å². The maximum atomic E-state index is 12.9. The van der Waals surface area contributed by atoms with Gasteiger partial charge < -0.3 is 4.74 Å². The molecule has 1 aromatic rings. The Morgan fingerprint density at radius 2 is 2.26 bits per heavy atom. The molecule has 0 aliphatic rings. The van der Waals surface area contributed by atoms with E-state index in [1.807, 2.05) is 0 Å². The fraction of sp³-hybridized carbons (Fsp3) is 0.400. The lowest BCUT2D eigenvalue weighted by molar-refractivity contribution is -0.386. The lowest BCUT2D eigenvalue weighted by Crippen LogP contribution is -2.12. The Hall–Kier alpha value is -1.83. The third-order valence-corrected chi connectivity index (χ3v) is 2.50. The van der Waals surface area contributed by atoms with Crippen LogP contribution in [0.2, 0.25) is 5.15 Å². The minimum Gasteiger partial charge on any atom is -0.466 e. The molecule has 0 aliphatic carbocycles. The normalized spacial score (nSPS) is 10.6. The van der Waals surface area contributed by atoms with Crippen LogP contribution in [0.4, 0.5) is 14.5 Å². The van der Waals surface area contributed by atoms with Gasteiger partial charge in [0.1, 0.15) is 11.3 Å². The van der Waals surface area contributed by atoms with Gasteiger partial charge in [0, 0.05) is 0 Å². The van der Waals surface area contributed by atoms with Crippen molar-refractivity contribution in [2.75, 3.05) is 6.61 Å². The summed E-state index contributed by atoms with van der Waals surface area (Å²) in [5, 5.41) is 10.2. The number of rotatable bonds is 5.